The van der Waals surface area contributed by atoms with Gasteiger partial charge in [-0.2, -0.15) is 0 Å². The van der Waals surface area contributed by atoms with E-state index >= 15 is 0 Å². The van der Waals surface area contributed by atoms with Crippen molar-refractivity contribution < 1.29 is 4.74 Å². The number of ether oxygens (including phenoxy) is 1. The zero-order valence-corrected chi connectivity index (χ0v) is 16.2. The number of rotatable bonds is 5. The zero-order chi connectivity index (χ0) is 16.9. The molecule has 0 bridgehead atoms. The summed E-state index contributed by atoms with van der Waals surface area (Å²) in [5, 5.41) is 1.22. The Hall–Kier alpha value is -1.01. The van der Waals surface area contributed by atoms with Crippen molar-refractivity contribution in [3.63, 3.8) is 0 Å². The van der Waals surface area contributed by atoms with Gasteiger partial charge in [-0.15, -0.1) is 0 Å². The molecule has 0 radical (unpaired) electrons. The molecule has 1 saturated heterocycles. The zero-order valence-electron chi connectivity index (χ0n) is 13.1. The largest absolute Gasteiger partial charge is 0.491 e. The maximum absolute atomic E-state index is 6.10. The van der Waals surface area contributed by atoms with E-state index in [0.29, 0.717) is 22.4 Å². The first kappa shape index (κ1) is 17.8. The molecule has 0 spiro atoms. The Morgan fingerprint density at radius 1 is 1.08 bits per heavy atom. The van der Waals surface area contributed by atoms with Crippen LogP contribution in [0.4, 0.5) is 5.82 Å². The fourth-order valence-corrected chi connectivity index (χ4v) is 3.20. The lowest BCUT2D eigenvalue weighted by molar-refractivity contribution is 0.200. The summed E-state index contributed by atoms with van der Waals surface area (Å²) in [7, 11) is 0. The van der Waals surface area contributed by atoms with Crippen molar-refractivity contribution in [2.75, 3.05) is 44.2 Å². The second-order valence-electron chi connectivity index (χ2n) is 5.59. The molecular weight excluding hydrogens is 413 g/mol. The van der Waals surface area contributed by atoms with Gasteiger partial charge in [-0.05, 0) is 40.2 Å². The molecule has 7 heteroatoms. The Kier molecular flexibility index (Phi) is 6.22. The molecule has 0 N–H and O–H groups in total. The monoisotopic (exact) mass is 429 g/mol. The first-order chi connectivity index (χ1) is 11.6. The van der Waals surface area contributed by atoms with Crippen molar-refractivity contribution >= 4 is 44.9 Å². The molecule has 2 heterocycles. The van der Waals surface area contributed by atoms with Crippen LogP contribution in [0.15, 0.2) is 41.0 Å². The Balaban J connectivity index is 1.44. The third kappa shape index (κ3) is 4.76. The molecule has 4 nitrogen and oxygen atoms in total. The van der Waals surface area contributed by atoms with E-state index in [2.05, 4.69) is 30.7 Å². The topological polar surface area (TPSA) is 28.6 Å². The first-order valence-corrected chi connectivity index (χ1v) is 9.33. The van der Waals surface area contributed by atoms with E-state index in [9.17, 15) is 0 Å². The summed E-state index contributed by atoms with van der Waals surface area (Å²) in [4.78, 5) is 9.14. The molecule has 3 rings (SSSR count). The maximum Gasteiger partial charge on any atom is 0.139 e. The standard InChI is InChI=1S/C17H18BrCl2N3O/c18-13-1-4-17(21-12-13)23-7-5-22(6-8-23)9-10-24-16-11-14(19)2-3-15(16)20/h1-4,11-12H,5-10H2. The van der Waals surface area contributed by atoms with Crippen molar-refractivity contribution in [3.8, 4) is 5.75 Å². The van der Waals surface area contributed by atoms with Crippen LogP contribution in [0, 0.1) is 0 Å². The number of aromatic nitrogens is 1. The van der Waals surface area contributed by atoms with E-state index in [4.69, 9.17) is 27.9 Å². The van der Waals surface area contributed by atoms with Crippen LogP contribution >= 0.6 is 39.1 Å². The Labute approximate surface area is 160 Å². The van der Waals surface area contributed by atoms with Gasteiger partial charge in [0.25, 0.3) is 0 Å². The predicted molar refractivity (Wildman–Crippen MR) is 103 cm³/mol. The Morgan fingerprint density at radius 3 is 2.58 bits per heavy atom. The lowest BCUT2D eigenvalue weighted by Gasteiger charge is -2.35. The highest BCUT2D eigenvalue weighted by Crippen LogP contribution is 2.27. The van der Waals surface area contributed by atoms with Gasteiger partial charge in [-0.1, -0.05) is 23.2 Å². The van der Waals surface area contributed by atoms with Crippen LogP contribution in [0.3, 0.4) is 0 Å². The molecule has 0 aliphatic carbocycles. The average Bonchev–Trinajstić information content (AvgIpc) is 2.59. The van der Waals surface area contributed by atoms with Gasteiger partial charge < -0.3 is 9.64 Å². The van der Waals surface area contributed by atoms with Gasteiger partial charge in [0.15, 0.2) is 0 Å². The normalized spacial score (nSPS) is 15.5. The van der Waals surface area contributed by atoms with Gasteiger partial charge in [0.2, 0.25) is 0 Å². The van der Waals surface area contributed by atoms with Crippen LogP contribution in [-0.2, 0) is 0 Å². The minimum Gasteiger partial charge on any atom is -0.491 e. The SMILES string of the molecule is Clc1ccc(Cl)c(OCCN2CCN(c3ccc(Br)cn3)CC2)c1. The molecule has 24 heavy (non-hydrogen) atoms. The van der Waals surface area contributed by atoms with Gasteiger partial charge in [-0.25, -0.2) is 4.98 Å². The third-order valence-corrected chi connectivity index (χ3v) is 4.98. The molecule has 2 aromatic rings. The molecule has 0 unspecified atom stereocenters. The molecule has 0 saturated carbocycles. The number of halogens is 3. The number of nitrogens with zero attached hydrogens (tertiary/aromatic N) is 3. The van der Waals surface area contributed by atoms with Crippen molar-refractivity contribution in [2.45, 2.75) is 0 Å². The summed E-state index contributed by atoms with van der Waals surface area (Å²) in [5.74, 6) is 1.67. The van der Waals surface area contributed by atoms with Gasteiger partial charge in [0, 0.05) is 54.5 Å². The lowest BCUT2D eigenvalue weighted by Crippen LogP contribution is -2.47. The highest BCUT2D eigenvalue weighted by atomic mass is 79.9. The number of pyridine rings is 1. The van der Waals surface area contributed by atoms with E-state index < -0.39 is 0 Å². The number of piperazine rings is 1. The third-order valence-electron chi connectivity index (χ3n) is 3.97. The van der Waals surface area contributed by atoms with Crippen LogP contribution in [0.25, 0.3) is 0 Å². The highest BCUT2D eigenvalue weighted by Gasteiger charge is 2.17. The van der Waals surface area contributed by atoms with Crippen molar-refractivity contribution in [1.29, 1.82) is 0 Å². The minimum atomic E-state index is 0.588. The fraction of sp³-hybridized carbons (Fsp3) is 0.353. The molecular formula is C17H18BrCl2N3O. The van der Waals surface area contributed by atoms with Crippen LogP contribution in [0.1, 0.15) is 0 Å². The van der Waals surface area contributed by atoms with Gasteiger partial charge in [0.05, 0.1) is 5.02 Å². The smallest absolute Gasteiger partial charge is 0.139 e. The van der Waals surface area contributed by atoms with E-state index in [1.165, 1.54) is 0 Å². The first-order valence-electron chi connectivity index (χ1n) is 7.78. The van der Waals surface area contributed by atoms with Crippen molar-refractivity contribution in [2.24, 2.45) is 0 Å². The van der Waals surface area contributed by atoms with Crippen molar-refractivity contribution in [1.82, 2.24) is 9.88 Å². The van der Waals surface area contributed by atoms with E-state index in [0.717, 1.165) is 43.0 Å². The molecule has 128 valence electrons. The maximum atomic E-state index is 6.10. The molecule has 0 amide bonds. The quantitative estimate of drug-likeness (QED) is 0.704. The Bertz CT molecular complexity index is 676. The highest BCUT2D eigenvalue weighted by molar-refractivity contribution is 9.10. The number of benzene rings is 1. The van der Waals surface area contributed by atoms with Crippen LogP contribution in [0.5, 0.6) is 5.75 Å². The predicted octanol–water partition coefficient (Wildman–Crippen LogP) is 4.35. The van der Waals surface area contributed by atoms with Crippen LogP contribution < -0.4 is 9.64 Å². The van der Waals surface area contributed by atoms with Gasteiger partial charge in [-0.3, -0.25) is 4.90 Å². The molecule has 0 atom stereocenters. The summed E-state index contributed by atoms with van der Waals surface area (Å²) >= 11 is 15.5. The summed E-state index contributed by atoms with van der Waals surface area (Å²) in [6.07, 6.45) is 1.84. The van der Waals surface area contributed by atoms with Crippen molar-refractivity contribution in [3.05, 3.63) is 51.0 Å². The molecule has 1 fully saturated rings. The number of hydrogen-bond acceptors (Lipinski definition) is 4. The van der Waals surface area contributed by atoms with Gasteiger partial charge >= 0.3 is 0 Å². The summed E-state index contributed by atoms with van der Waals surface area (Å²) in [6, 6.07) is 9.33. The summed E-state index contributed by atoms with van der Waals surface area (Å²) in [6.45, 7) is 5.37. The van der Waals surface area contributed by atoms with E-state index in [1.807, 2.05) is 18.3 Å². The molecule has 1 aliphatic heterocycles. The summed E-state index contributed by atoms with van der Waals surface area (Å²) in [5.41, 5.74) is 0. The summed E-state index contributed by atoms with van der Waals surface area (Å²) < 4.78 is 6.76. The van der Waals surface area contributed by atoms with Gasteiger partial charge in [0.1, 0.15) is 18.2 Å². The second-order valence-corrected chi connectivity index (χ2v) is 7.35. The molecule has 1 aromatic carbocycles. The Morgan fingerprint density at radius 2 is 1.88 bits per heavy atom. The average molecular weight is 431 g/mol. The number of hydrogen-bond donors (Lipinski definition) is 0. The minimum absolute atomic E-state index is 0.588. The molecule has 1 aliphatic rings. The van der Waals surface area contributed by atoms with Crippen LogP contribution in [-0.4, -0.2) is 49.2 Å². The van der Waals surface area contributed by atoms with E-state index in [-0.39, 0.29) is 0 Å². The van der Waals surface area contributed by atoms with Crippen LogP contribution in [0.2, 0.25) is 10.0 Å². The molecule has 1 aromatic heterocycles. The van der Waals surface area contributed by atoms with E-state index in [1.54, 1.807) is 18.2 Å². The lowest BCUT2D eigenvalue weighted by atomic mass is 10.3. The fourth-order valence-electron chi connectivity index (χ4n) is 2.63. The second kappa shape index (κ2) is 8.39. The number of anilines is 1.